The SMILES string of the molecule is O=Cc1ncc2[nH]ccc2n1.O=Cc1ncc2[nH]ccc2n1. The zero-order valence-electron chi connectivity index (χ0n) is 11.2. The number of nitrogens with zero attached hydrogens (tertiary/aromatic N) is 4. The molecule has 0 aliphatic heterocycles. The molecule has 0 unspecified atom stereocenters. The summed E-state index contributed by atoms with van der Waals surface area (Å²) in [5, 5.41) is 0. The molecule has 8 heteroatoms. The van der Waals surface area contributed by atoms with E-state index in [9.17, 15) is 9.59 Å². The Balaban J connectivity index is 0.000000131. The molecular formula is C14H10N6O2. The molecule has 4 heterocycles. The summed E-state index contributed by atoms with van der Waals surface area (Å²) in [5.74, 6) is 0.439. The molecule has 0 spiro atoms. The van der Waals surface area contributed by atoms with Gasteiger partial charge in [-0.05, 0) is 12.1 Å². The van der Waals surface area contributed by atoms with Crippen LogP contribution in [0.25, 0.3) is 22.1 Å². The fourth-order valence-corrected chi connectivity index (χ4v) is 1.83. The van der Waals surface area contributed by atoms with Gasteiger partial charge in [0.05, 0.1) is 34.5 Å². The second-order valence-corrected chi connectivity index (χ2v) is 4.25. The maximum atomic E-state index is 10.2. The van der Waals surface area contributed by atoms with Gasteiger partial charge in [-0.2, -0.15) is 0 Å². The van der Waals surface area contributed by atoms with Gasteiger partial charge in [0.1, 0.15) is 0 Å². The van der Waals surface area contributed by atoms with Crippen LogP contribution in [0, 0.1) is 0 Å². The number of H-pyrrole nitrogens is 2. The largest absolute Gasteiger partial charge is 0.359 e. The Bertz CT molecular complexity index is 864. The minimum absolute atomic E-state index is 0.220. The number of hydrogen-bond donors (Lipinski definition) is 2. The molecule has 108 valence electrons. The molecule has 0 fully saturated rings. The van der Waals surface area contributed by atoms with E-state index in [-0.39, 0.29) is 11.6 Å². The molecule has 0 bridgehead atoms. The van der Waals surface area contributed by atoms with E-state index < -0.39 is 0 Å². The van der Waals surface area contributed by atoms with Crippen LogP contribution in [0.15, 0.2) is 36.9 Å². The van der Waals surface area contributed by atoms with Gasteiger partial charge in [0.2, 0.25) is 0 Å². The van der Waals surface area contributed by atoms with Gasteiger partial charge in [-0.25, -0.2) is 19.9 Å². The highest BCUT2D eigenvalue weighted by Crippen LogP contribution is 2.06. The van der Waals surface area contributed by atoms with Crippen molar-refractivity contribution in [3.05, 3.63) is 48.6 Å². The van der Waals surface area contributed by atoms with Gasteiger partial charge in [0.15, 0.2) is 24.2 Å². The van der Waals surface area contributed by atoms with E-state index in [1.807, 2.05) is 0 Å². The number of rotatable bonds is 2. The lowest BCUT2D eigenvalue weighted by Gasteiger charge is -1.88. The van der Waals surface area contributed by atoms with Crippen molar-refractivity contribution in [3.8, 4) is 0 Å². The zero-order valence-corrected chi connectivity index (χ0v) is 11.2. The lowest BCUT2D eigenvalue weighted by Crippen LogP contribution is -1.90. The third kappa shape index (κ3) is 2.70. The molecular weight excluding hydrogens is 284 g/mol. The molecule has 0 saturated heterocycles. The average molecular weight is 294 g/mol. The number of aromatic amines is 2. The van der Waals surface area contributed by atoms with Crippen LogP contribution in [0.5, 0.6) is 0 Å². The molecule has 2 N–H and O–H groups in total. The smallest absolute Gasteiger partial charge is 0.193 e. The van der Waals surface area contributed by atoms with Crippen molar-refractivity contribution in [1.29, 1.82) is 0 Å². The molecule has 0 aliphatic rings. The van der Waals surface area contributed by atoms with Crippen LogP contribution in [0.2, 0.25) is 0 Å². The molecule has 8 nitrogen and oxygen atoms in total. The van der Waals surface area contributed by atoms with Gasteiger partial charge in [-0.15, -0.1) is 0 Å². The van der Waals surface area contributed by atoms with Crippen LogP contribution in [0.4, 0.5) is 0 Å². The Hall–Kier alpha value is -3.42. The molecule has 0 aliphatic carbocycles. The summed E-state index contributed by atoms with van der Waals surface area (Å²) in [6, 6.07) is 3.59. The Morgan fingerprint density at radius 3 is 1.64 bits per heavy atom. The van der Waals surface area contributed by atoms with Crippen LogP contribution in [-0.4, -0.2) is 42.5 Å². The average Bonchev–Trinajstić information content (AvgIpc) is 3.22. The minimum atomic E-state index is 0.220. The lowest BCUT2D eigenvalue weighted by atomic mass is 10.4. The number of aromatic nitrogens is 6. The topological polar surface area (TPSA) is 117 Å². The number of hydrogen-bond acceptors (Lipinski definition) is 6. The highest BCUT2D eigenvalue weighted by atomic mass is 16.1. The first kappa shape index (κ1) is 13.6. The number of fused-ring (bicyclic) bond motifs is 2. The summed E-state index contributed by atoms with van der Waals surface area (Å²) in [7, 11) is 0. The Kier molecular flexibility index (Phi) is 3.65. The maximum absolute atomic E-state index is 10.2. The summed E-state index contributed by atoms with van der Waals surface area (Å²) in [4.78, 5) is 41.8. The van der Waals surface area contributed by atoms with E-state index in [0.717, 1.165) is 22.1 Å². The second kappa shape index (κ2) is 5.92. The number of aldehydes is 2. The summed E-state index contributed by atoms with van der Waals surface area (Å²) in [6.45, 7) is 0. The summed E-state index contributed by atoms with van der Waals surface area (Å²) in [5.41, 5.74) is 3.22. The van der Waals surface area contributed by atoms with E-state index >= 15 is 0 Å². The fraction of sp³-hybridized carbons (Fsp3) is 0. The van der Waals surface area contributed by atoms with Gasteiger partial charge in [-0.3, -0.25) is 9.59 Å². The second-order valence-electron chi connectivity index (χ2n) is 4.25. The van der Waals surface area contributed by atoms with Crippen molar-refractivity contribution in [2.45, 2.75) is 0 Å². The van der Waals surface area contributed by atoms with Crippen molar-refractivity contribution in [1.82, 2.24) is 29.9 Å². The standard InChI is InChI=1S/2C7H5N3O/c2*11-4-7-9-3-6-5(10-7)1-2-8-6/h2*1-4,8H. The first-order valence-corrected chi connectivity index (χ1v) is 6.31. The normalized spacial score (nSPS) is 10.2. The zero-order chi connectivity index (χ0) is 15.4. The Morgan fingerprint density at radius 1 is 0.773 bits per heavy atom. The Labute approximate surface area is 123 Å². The van der Waals surface area contributed by atoms with Crippen LogP contribution in [-0.2, 0) is 0 Å². The van der Waals surface area contributed by atoms with E-state index in [2.05, 4.69) is 29.9 Å². The van der Waals surface area contributed by atoms with Crippen LogP contribution in [0.1, 0.15) is 21.2 Å². The van der Waals surface area contributed by atoms with Crippen LogP contribution >= 0.6 is 0 Å². The maximum Gasteiger partial charge on any atom is 0.193 e. The molecule has 4 aromatic rings. The Morgan fingerprint density at radius 2 is 1.23 bits per heavy atom. The van der Waals surface area contributed by atoms with E-state index in [0.29, 0.717) is 12.6 Å². The number of nitrogens with one attached hydrogen (secondary N) is 2. The van der Waals surface area contributed by atoms with Gasteiger partial charge in [-0.1, -0.05) is 0 Å². The first-order chi connectivity index (χ1) is 10.8. The van der Waals surface area contributed by atoms with Crippen molar-refractivity contribution in [3.63, 3.8) is 0 Å². The quantitative estimate of drug-likeness (QED) is 0.541. The van der Waals surface area contributed by atoms with Crippen LogP contribution in [0.3, 0.4) is 0 Å². The van der Waals surface area contributed by atoms with Crippen molar-refractivity contribution in [2.24, 2.45) is 0 Å². The molecule has 0 aromatic carbocycles. The highest BCUT2D eigenvalue weighted by Gasteiger charge is 1.98. The summed E-state index contributed by atoms with van der Waals surface area (Å²) in [6.07, 6.45) is 7.96. The van der Waals surface area contributed by atoms with Gasteiger partial charge in [0, 0.05) is 12.4 Å². The molecule has 0 saturated carbocycles. The van der Waals surface area contributed by atoms with Crippen molar-refractivity contribution >= 4 is 34.6 Å². The van der Waals surface area contributed by atoms with Crippen LogP contribution < -0.4 is 0 Å². The van der Waals surface area contributed by atoms with Gasteiger partial charge in [0.25, 0.3) is 0 Å². The molecule has 0 radical (unpaired) electrons. The first-order valence-electron chi connectivity index (χ1n) is 6.31. The fourth-order valence-electron chi connectivity index (χ4n) is 1.83. The van der Waals surface area contributed by atoms with E-state index in [1.165, 1.54) is 0 Å². The van der Waals surface area contributed by atoms with Gasteiger partial charge < -0.3 is 9.97 Å². The third-order valence-electron chi connectivity index (χ3n) is 2.84. The molecule has 4 aromatic heterocycles. The van der Waals surface area contributed by atoms with Crippen molar-refractivity contribution < 1.29 is 9.59 Å². The molecule has 0 amide bonds. The molecule has 22 heavy (non-hydrogen) atoms. The van der Waals surface area contributed by atoms with Crippen molar-refractivity contribution in [2.75, 3.05) is 0 Å². The van der Waals surface area contributed by atoms with E-state index in [4.69, 9.17) is 0 Å². The number of carbonyl (C=O) groups excluding carboxylic acids is 2. The minimum Gasteiger partial charge on any atom is -0.359 e. The third-order valence-corrected chi connectivity index (χ3v) is 2.84. The molecule has 0 atom stereocenters. The highest BCUT2D eigenvalue weighted by molar-refractivity contribution is 5.79. The number of carbonyl (C=O) groups is 2. The molecule has 4 rings (SSSR count). The predicted octanol–water partition coefficient (Wildman–Crippen LogP) is 1.54. The lowest BCUT2D eigenvalue weighted by molar-refractivity contribution is 0.110. The monoisotopic (exact) mass is 294 g/mol. The predicted molar refractivity (Wildman–Crippen MR) is 78.6 cm³/mol. The summed E-state index contributed by atoms with van der Waals surface area (Å²) < 4.78 is 0. The van der Waals surface area contributed by atoms with E-state index in [1.54, 1.807) is 36.9 Å². The van der Waals surface area contributed by atoms with Gasteiger partial charge >= 0.3 is 0 Å². The summed E-state index contributed by atoms with van der Waals surface area (Å²) >= 11 is 0.